The number of benzene rings is 1. The van der Waals surface area contributed by atoms with E-state index < -0.39 is 6.10 Å². The molecular weight excluding hydrogens is 274 g/mol. The van der Waals surface area contributed by atoms with Crippen molar-refractivity contribution < 1.29 is 14.3 Å². The summed E-state index contributed by atoms with van der Waals surface area (Å²) in [5, 5.41) is 4.65. The van der Waals surface area contributed by atoms with Gasteiger partial charge in [0.2, 0.25) is 5.78 Å². The summed E-state index contributed by atoms with van der Waals surface area (Å²) < 4.78 is 5.60. The number of amides is 1. The molecule has 2 aromatic rings. The average Bonchev–Trinajstić information content (AvgIpc) is 2.99. The van der Waals surface area contributed by atoms with Crippen molar-refractivity contribution in [3.05, 3.63) is 46.2 Å². The lowest BCUT2D eigenvalue weighted by Gasteiger charge is -2.25. The minimum Gasteiger partial charge on any atom is -0.478 e. The minimum absolute atomic E-state index is 0.0466. The number of carbonyl (C=O) groups excluding carboxylic acids is 2. The van der Waals surface area contributed by atoms with Crippen LogP contribution in [-0.2, 0) is 4.79 Å². The van der Waals surface area contributed by atoms with Crippen molar-refractivity contribution in [2.24, 2.45) is 0 Å². The van der Waals surface area contributed by atoms with Crippen molar-refractivity contribution in [3.8, 4) is 5.75 Å². The van der Waals surface area contributed by atoms with E-state index >= 15 is 0 Å². The van der Waals surface area contributed by atoms with Crippen molar-refractivity contribution in [3.63, 3.8) is 0 Å². The molecule has 0 saturated heterocycles. The number of hydrogen-bond acceptors (Lipinski definition) is 4. The standard InChI is InChI=1S/C15H13NO3S/c1-2-11-15(18)16-10-8-9(5-6-12(10)19-11)14(17)13-4-3-7-20-13/h3-8,11H,2H2,1H3,(H,16,18)/t11-/m1/s1. The third-order valence-electron chi connectivity index (χ3n) is 3.18. The molecule has 0 fully saturated rings. The predicted octanol–water partition coefficient (Wildman–Crippen LogP) is 3.09. The quantitative estimate of drug-likeness (QED) is 0.883. The molecule has 20 heavy (non-hydrogen) atoms. The van der Waals surface area contributed by atoms with E-state index in [-0.39, 0.29) is 11.7 Å². The number of rotatable bonds is 3. The van der Waals surface area contributed by atoms with Gasteiger partial charge in [-0.25, -0.2) is 0 Å². The molecule has 1 N–H and O–H groups in total. The maximum absolute atomic E-state index is 12.3. The number of thiophene rings is 1. The Morgan fingerprint density at radius 3 is 2.95 bits per heavy atom. The SMILES string of the molecule is CC[C@H]1Oc2ccc(C(=O)c3cccs3)cc2NC1=O. The van der Waals surface area contributed by atoms with Gasteiger partial charge in [-0.05, 0) is 36.1 Å². The number of anilines is 1. The van der Waals surface area contributed by atoms with Gasteiger partial charge in [0.15, 0.2) is 6.10 Å². The predicted molar refractivity (Wildman–Crippen MR) is 77.5 cm³/mol. The van der Waals surface area contributed by atoms with Gasteiger partial charge in [-0.3, -0.25) is 9.59 Å². The maximum atomic E-state index is 12.3. The molecule has 2 heterocycles. The molecule has 0 spiro atoms. The highest BCUT2D eigenvalue weighted by atomic mass is 32.1. The second-order valence-electron chi connectivity index (χ2n) is 4.52. The summed E-state index contributed by atoms with van der Waals surface area (Å²) in [4.78, 5) is 24.7. The molecule has 1 aliphatic rings. The smallest absolute Gasteiger partial charge is 0.265 e. The lowest BCUT2D eigenvalue weighted by atomic mass is 10.1. The van der Waals surface area contributed by atoms with E-state index in [0.717, 1.165) is 0 Å². The molecule has 1 aromatic carbocycles. The minimum atomic E-state index is -0.457. The topological polar surface area (TPSA) is 55.4 Å². The normalized spacial score (nSPS) is 17.1. The van der Waals surface area contributed by atoms with Crippen LogP contribution in [0.5, 0.6) is 5.75 Å². The molecule has 0 aliphatic carbocycles. The molecule has 102 valence electrons. The Bertz CT molecular complexity index is 664. The second kappa shape index (κ2) is 5.09. The van der Waals surface area contributed by atoms with Gasteiger partial charge in [-0.15, -0.1) is 11.3 Å². The zero-order valence-corrected chi connectivity index (χ0v) is 11.7. The zero-order valence-electron chi connectivity index (χ0n) is 10.9. The molecule has 0 radical (unpaired) electrons. The Morgan fingerprint density at radius 1 is 1.40 bits per heavy atom. The Kier molecular flexibility index (Phi) is 3.28. The van der Waals surface area contributed by atoms with Crippen molar-refractivity contribution in [1.29, 1.82) is 0 Å². The summed E-state index contributed by atoms with van der Waals surface area (Å²) in [5.41, 5.74) is 1.10. The van der Waals surface area contributed by atoms with Crippen LogP contribution in [0.4, 0.5) is 5.69 Å². The first-order valence-corrected chi connectivity index (χ1v) is 7.26. The third kappa shape index (κ3) is 2.20. The second-order valence-corrected chi connectivity index (χ2v) is 5.47. The largest absolute Gasteiger partial charge is 0.478 e. The van der Waals surface area contributed by atoms with E-state index in [1.807, 2.05) is 18.4 Å². The fraction of sp³-hybridized carbons (Fsp3) is 0.200. The van der Waals surface area contributed by atoms with E-state index in [4.69, 9.17) is 4.74 Å². The highest BCUT2D eigenvalue weighted by molar-refractivity contribution is 7.12. The van der Waals surface area contributed by atoms with E-state index in [0.29, 0.717) is 28.3 Å². The summed E-state index contributed by atoms with van der Waals surface area (Å²) in [6.45, 7) is 1.89. The Labute approximate surface area is 120 Å². The van der Waals surface area contributed by atoms with Crippen LogP contribution < -0.4 is 10.1 Å². The van der Waals surface area contributed by atoms with Crippen molar-refractivity contribution in [2.75, 3.05) is 5.32 Å². The van der Waals surface area contributed by atoms with E-state index in [1.54, 1.807) is 24.3 Å². The fourth-order valence-corrected chi connectivity index (χ4v) is 2.80. The number of ether oxygens (including phenoxy) is 1. The van der Waals surface area contributed by atoms with Crippen LogP contribution in [-0.4, -0.2) is 17.8 Å². The van der Waals surface area contributed by atoms with Crippen molar-refractivity contribution in [1.82, 2.24) is 0 Å². The first-order valence-electron chi connectivity index (χ1n) is 6.39. The third-order valence-corrected chi connectivity index (χ3v) is 4.05. The lowest BCUT2D eigenvalue weighted by Crippen LogP contribution is -2.36. The van der Waals surface area contributed by atoms with Crippen LogP contribution in [0.3, 0.4) is 0 Å². The number of ketones is 1. The molecule has 0 unspecified atom stereocenters. The number of carbonyl (C=O) groups is 2. The van der Waals surface area contributed by atoms with Crippen molar-refractivity contribution >= 4 is 28.7 Å². The van der Waals surface area contributed by atoms with Gasteiger partial charge in [0, 0.05) is 5.56 Å². The molecule has 1 amide bonds. The van der Waals surface area contributed by atoms with Crippen LogP contribution in [0.15, 0.2) is 35.7 Å². The van der Waals surface area contributed by atoms with Gasteiger partial charge in [0.1, 0.15) is 5.75 Å². The Hall–Kier alpha value is -2.14. The van der Waals surface area contributed by atoms with Crippen LogP contribution in [0.25, 0.3) is 0 Å². The first kappa shape index (κ1) is 12.9. The molecule has 0 bridgehead atoms. The molecule has 3 rings (SSSR count). The lowest BCUT2D eigenvalue weighted by molar-refractivity contribution is -0.123. The summed E-state index contributed by atoms with van der Waals surface area (Å²) in [5.74, 6) is 0.398. The van der Waals surface area contributed by atoms with Gasteiger partial charge >= 0.3 is 0 Å². The van der Waals surface area contributed by atoms with Gasteiger partial charge in [0.25, 0.3) is 5.91 Å². The highest BCUT2D eigenvalue weighted by Crippen LogP contribution is 2.32. The Morgan fingerprint density at radius 2 is 2.25 bits per heavy atom. The molecule has 4 nitrogen and oxygen atoms in total. The first-order chi connectivity index (χ1) is 9.69. The average molecular weight is 287 g/mol. The zero-order chi connectivity index (χ0) is 14.1. The van der Waals surface area contributed by atoms with E-state index in [1.165, 1.54) is 11.3 Å². The summed E-state index contributed by atoms with van der Waals surface area (Å²) in [6.07, 6.45) is 0.155. The maximum Gasteiger partial charge on any atom is 0.265 e. The molecule has 1 atom stereocenters. The molecule has 5 heteroatoms. The number of nitrogens with one attached hydrogen (secondary N) is 1. The van der Waals surface area contributed by atoms with Crippen LogP contribution in [0.1, 0.15) is 28.6 Å². The highest BCUT2D eigenvalue weighted by Gasteiger charge is 2.26. The molecule has 0 saturated carbocycles. The number of hydrogen-bond donors (Lipinski definition) is 1. The van der Waals surface area contributed by atoms with Crippen LogP contribution >= 0.6 is 11.3 Å². The van der Waals surface area contributed by atoms with Gasteiger partial charge < -0.3 is 10.1 Å². The van der Waals surface area contributed by atoms with Gasteiger partial charge in [-0.2, -0.15) is 0 Å². The summed E-state index contributed by atoms with van der Waals surface area (Å²) >= 11 is 1.40. The molecule has 1 aromatic heterocycles. The van der Waals surface area contributed by atoms with E-state index in [9.17, 15) is 9.59 Å². The Balaban J connectivity index is 1.93. The van der Waals surface area contributed by atoms with Crippen LogP contribution in [0.2, 0.25) is 0 Å². The molecule has 1 aliphatic heterocycles. The van der Waals surface area contributed by atoms with Gasteiger partial charge in [-0.1, -0.05) is 13.0 Å². The molecular formula is C15H13NO3S. The van der Waals surface area contributed by atoms with Crippen LogP contribution in [0, 0.1) is 0 Å². The number of fused-ring (bicyclic) bond motifs is 1. The summed E-state index contributed by atoms with van der Waals surface area (Å²) in [6, 6.07) is 8.76. The monoisotopic (exact) mass is 287 g/mol. The van der Waals surface area contributed by atoms with Gasteiger partial charge in [0.05, 0.1) is 10.6 Å². The van der Waals surface area contributed by atoms with Crippen molar-refractivity contribution in [2.45, 2.75) is 19.4 Å². The van der Waals surface area contributed by atoms with E-state index in [2.05, 4.69) is 5.32 Å². The summed E-state index contributed by atoms with van der Waals surface area (Å²) in [7, 11) is 0. The fourth-order valence-electron chi connectivity index (χ4n) is 2.11.